The topological polar surface area (TPSA) is 40.6 Å². The summed E-state index contributed by atoms with van der Waals surface area (Å²) in [5, 5.41) is 0.670. The summed E-state index contributed by atoms with van der Waals surface area (Å²) in [7, 11) is -3.47. The van der Waals surface area contributed by atoms with E-state index >= 15 is 0 Å². The summed E-state index contributed by atoms with van der Waals surface area (Å²) < 4.78 is 28.1. The number of benzene rings is 2. The molecule has 0 amide bonds. The Kier molecular flexibility index (Phi) is 6.30. The first kappa shape index (κ1) is 20.9. The lowest BCUT2D eigenvalue weighted by Gasteiger charge is -2.41. The molecule has 2 saturated heterocycles. The van der Waals surface area contributed by atoms with Gasteiger partial charge in [0.1, 0.15) is 0 Å². The van der Waals surface area contributed by atoms with Gasteiger partial charge in [-0.1, -0.05) is 42.8 Å². The third-order valence-corrected chi connectivity index (χ3v) is 8.55. The fraction of sp³-hybridized carbons (Fsp3) is 0.478. The van der Waals surface area contributed by atoms with Gasteiger partial charge in [-0.15, -0.1) is 0 Å². The molecule has 0 radical (unpaired) electrons. The van der Waals surface area contributed by atoms with E-state index in [1.807, 2.05) is 36.4 Å². The quantitative estimate of drug-likeness (QED) is 0.690. The fourth-order valence-electron chi connectivity index (χ4n) is 4.47. The van der Waals surface area contributed by atoms with Crippen molar-refractivity contribution in [3.05, 3.63) is 53.6 Å². The molecule has 2 aromatic rings. The molecule has 2 heterocycles. The Morgan fingerprint density at radius 1 is 0.862 bits per heavy atom. The molecule has 156 valence electrons. The summed E-state index contributed by atoms with van der Waals surface area (Å²) in [6.07, 6.45) is 4.36. The SMILES string of the molecule is CC1CCN(C2CCN(S(=O)(=O)c3cccc(-c4ccc(Cl)cc4)c3)CC2)CC1. The Hall–Kier alpha value is -1.40. The Morgan fingerprint density at radius 3 is 2.17 bits per heavy atom. The molecule has 0 bridgehead atoms. The summed E-state index contributed by atoms with van der Waals surface area (Å²) in [6.45, 7) is 5.84. The van der Waals surface area contributed by atoms with Crippen molar-refractivity contribution in [1.82, 2.24) is 9.21 Å². The van der Waals surface area contributed by atoms with E-state index in [4.69, 9.17) is 11.6 Å². The highest BCUT2D eigenvalue weighted by atomic mass is 35.5. The summed E-state index contributed by atoms with van der Waals surface area (Å²) in [6, 6.07) is 15.2. The van der Waals surface area contributed by atoms with Gasteiger partial charge in [-0.2, -0.15) is 4.31 Å². The number of nitrogens with zero attached hydrogens (tertiary/aromatic N) is 2. The molecular formula is C23H29ClN2O2S. The van der Waals surface area contributed by atoms with Crippen LogP contribution < -0.4 is 0 Å². The standard InChI is InChI=1S/C23H29ClN2O2S/c1-18-9-13-25(14-10-18)22-11-15-26(16-12-22)29(27,28)23-4-2-3-20(17-23)19-5-7-21(24)8-6-19/h2-8,17-18,22H,9-16H2,1H3. The highest BCUT2D eigenvalue weighted by Gasteiger charge is 2.32. The predicted molar refractivity (Wildman–Crippen MR) is 119 cm³/mol. The Balaban J connectivity index is 1.45. The molecule has 4 rings (SSSR count). The van der Waals surface area contributed by atoms with E-state index < -0.39 is 10.0 Å². The van der Waals surface area contributed by atoms with Crippen LogP contribution in [-0.2, 0) is 10.0 Å². The van der Waals surface area contributed by atoms with Crippen LogP contribution in [0.1, 0.15) is 32.6 Å². The van der Waals surface area contributed by atoms with Gasteiger partial charge in [-0.05, 0) is 80.1 Å². The van der Waals surface area contributed by atoms with E-state index in [0.29, 0.717) is 29.0 Å². The molecule has 2 aliphatic rings. The van der Waals surface area contributed by atoms with Crippen LogP contribution in [0.5, 0.6) is 0 Å². The molecule has 0 unspecified atom stereocenters. The lowest BCUT2D eigenvalue weighted by molar-refractivity contribution is 0.101. The summed E-state index contributed by atoms with van der Waals surface area (Å²) in [4.78, 5) is 2.95. The van der Waals surface area contributed by atoms with Crippen molar-refractivity contribution in [2.75, 3.05) is 26.2 Å². The van der Waals surface area contributed by atoms with E-state index in [-0.39, 0.29) is 0 Å². The van der Waals surface area contributed by atoms with Gasteiger partial charge >= 0.3 is 0 Å². The first-order chi connectivity index (χ1) is 13.9. The van der Waals surface area contributed by atoms with Crippen LogP contribution >= 0.6 is 11.6 Å². The zero-order valence-corrected chi connectivity index (χ0v) is 18.5. The lowest BCUT2D eigenvalue weighted by Crippen LogP contribution is -2.48. The van der Waals surface area contributed by atoms with E-state index in [1.54, 1.807) is 16.4 Å². The van der Waals surface area contributed by atoms with Crippen molar-refractivity contribution in [3.63, 3.8) is 0 Å². The molecule has 4 nitrogen and oxygen atoms in total. The molecule has 0 spiro atoms. The number of piperidine rings is 2. The van der Waals surface area contributed by atoms with Gasteiger partial charge in [0, 0.05) is 24.2 Å². The van der Waals surface area contributed by atoms with E-state index in [2.05, 4.69) is 11.8 Å². The molecule has 2 aromatic carbocycles. The molecule has 2 fully saturated rings. The maximum absolute atomic E-state index is 13.2. The molecule has 0 saturated carbocycles. The van der Waals surface area contributed by atoms with Crippen molar-refractivity contribution >= 4 is 21.6 Å². The number of hydrogen-bond donors (Lipinski definition) is 0. The van der Waals surface area contributed by atoms with Gasteiger partial charge < -0.3 is 4.90 Å². The smallest absolute Gasteiger partial charge is 0.243 e. The maximum Gasteiger partial charge on any atom is 0.243 e. The van der Waals surface area contributed by atoms with Crippen molar-refractivity contribution in [2.45, 2.75) is 43.5 Å². The van der Waals surface area contributed by atoms with Gasteiger partial charge in [0.05, 0.1) is 4.90 Å². The Bertz CT molecular complexity index is 930. The number of halogens is 1. The fourth-order valence-corrected chi connectivity index (χ4v) is 6.11. The predicted octanol–water partition coefficient (Wildman–Crippen LogP) is 4.89. The van der Waals surface area contributed by atoms with Crippen LogP contribution in [0.3, 0.4) is 0 Å². The zero-order valence-electron chi connectivity index (χ0n) is 16.9. The van der Waals surface area contributed by atoms with E-state index in [9.17, 15) is 8.42 Å². The number of rotatable bonds is 4. The second kappa shape index (κ2) is 8.76. The third kappa shape index (κ3) is 4.69. The number of sulfonamides is 1. The maximum atomic E-state index is 13.2. The highest BCUT2D eigenvalue weighted by Crippen LogP contribution is 2.29. The molecule has 2 aliphatic heterocycles. The monoisotopic (exact) mass is 432 g/mol. The second-order valence-corrected chi connectivity index (χ2v) is 10.8. The minimum atomic E-state index is -3.47. The van der Waals surface area contributed by atoms with E-state index in [1.165, 1.54) is 12.8 Å². The summed E-state index contributed by atoms with van der Waals surface area (Å²) in [5.74, 6) is 0.819. The minimum absolute atomic E-state index is 0.371. The molecule has 29 heavy (non-hydrogen) atoms. The molecular weight excluding hydrogens is 404 g/mol. The van der Waals surface area contributed by atoms with Crippen LogP contribution in [0.4, 0.5) is 0 Å². The van der Waals surface area contributed by atoms with Crippen LogP contribution in [0.2, 0.25) is 5.02 Å². The first-order valence-corrected chi connectivity index (χ1v) is 12.4. The average molecular weight is 433 g/mol. The van der Waals surface area contributed by atoms with Crippen LogP contribution in [0.15, 0.2) is 53.4 Å². The zero-order chi connectivity index (χ0) is 20.4. The highest BCUT2D eigenvalue weighted by molar-refractivity contribution is 7.89. The van der Waals surface area contributed by atoms with Crippen molar-refractivity contribution < 1.29 is 8.42 Å². The van der Waals surface area contributed by atoms with Gasteiger partial charge in [0.25, 0.3) is 0 Å². The van der Waals surface area contributed by atoms with Gasteiger partial charge in [-0.3, -0.25) is 0 Å². The van der Waals surface area contributed by atoms with Crippen molar-refractivity contribution in [1.29, 1.82) is 0 Å². The molecule has 0 aliphatic carbocycles. The summed E-state index contributed by atoms with van der Waals surface area (Å²) >= 11 is 5.97. The van der Waals surface area contributed by atoms with Crippen molar-refractivity contribution in [3.8, 4) is 11.1 Å². The lowest BCUT2D eigenvalue weighted by atomic mass is 9.95. The molecule has 0 aromatic heterocycles. The van der Waals surface area contributed by atoms with Crippen LogP contribution in [0, 0.1) is 5.92 Å². The average Bonchev–Trinajstić information content (AvgIpc) is 2.75. The Labute approximate surface area is 179 Å². The van der Waals surface area contributed by atoms with Gasteiger partial charge in [0.2, 0.25) is 10.0 Å². The third-order valence-electron chi connectivity index (χ3n) is 6.41. The summed E-state index contributed by atoms with van der Waals surface area (Å²) in [5.41, 5.74) is 1.85. The van der Waals surface area contributed by atoms with Crippen molar-refractivity contribution in [2.24, 2.45) is 5.92 Å². The first-order valence-electron chi connectivity index (χ1n) is 10.5. The Morgan fingerprint density at radius 2 is 1.52 bits per heavy atom. The second-order valence-electron chi connectivity index (χ2n) is 8.39. The minimum Gasteiger partial charge on any atom is -0.300 e. The van der Waals surface area contributed by atoms with Crippen LogP contribution in [0.25, 0.3) is 11.1 Å². The van der Waals surface area contributed by atoms with Gasteiger partial charge in [0.15, 0.2) is 0 Å². The normalized spacial score (nSPS) is 20.8. The number of likely N-dealkylation sites (tertiary alicyclic amines) is 1. The molecule has 0 atom stereocenters. The van der Waals surface area contributed by atoms with Gasteiger partial charge in [-0.25, -0.2) is 8.42 Å². The van der Waals surface area contributed by atoms with E-state index in [0.717, 1.165) is 43.0 Å². The largest absolute Gasteiger partial charge is 0.300 e. The number of hydrogen-bond acceptors (Lipinski definition) is 3. The molecule has 0 N–H and O–H groups in total. The van der Waals surface area contributed by atoms with Crippen LogP contribution in [-0.4, -0.2) is 49.8 Å². The molecule has 6 heteroatoms.